The number of nitrogens with zero attached hydrogens (tertiary/aromatic N) is 3. The van der Waals surface area contributed by atoms with Gasteiger partial charge in [-0.2, -0.15) is 5.21 Å². The van der Waals surface area contributed by atoms with Gasteiger partial charge in [-0.25, -0.2) is 0 Å². The van der Waals surface area contributed by atoms with E-state index in [-0.39, 0.29) is 11.7 Å². The molecule has 0 bridgehead atoms. The van der Waals surface area contributed by atoms with Gasteiger partial charge in [0.25, 0.3) is 0 Å². The van der Waals surface area contributed by atoms with Crippen LogP contribution in [0.2, 0.25) is 0 Å². The SMILES string of the molecule is CCOc1cccc(NC(=O)C(Cc2cccc(OC)c2OC)c2nn[nH]n2)c1. The fraction of sp³-hybridized carbons (Fsp3) is 0.300. The maximum absolute atomic E-state index is 13.1. The van der Waals surface area contributed by atoms with Gasteiger partial charge in [0.05, 0.1) is 20.8 Å². The van der Waals surface area contributed by atoms with Crippen LogP contribution < -0.4 is 19.5 Å². The van der Waals surface area contributed by atoms with Crippen molar-refractivity contribution in [1.82, 2.24) is 20.6 Å². The number of para-hydroxylation sites is 1. The first-order chi connectivity index (χ1) is 14.2. The minimum atomic E-state index is -0.689. The summed E-state index contributed by atoms with van der Waals surface area (Å²) in [7, 11) is 3.13. The van der Waals surface area contributed by atoms with Crippen molar-refractivity contribution in [3.8, 4) is 17.2 Å². The lowest BCUT2D eigenvalue weighted by Gasteiger charge is -2.17. The zero-order valence-electron chi connectivity index (χ0n) is 16.5. The first-order valence-corrected chi connectivity index (χ1v) is 9.13. The molecule has 9 heteroatoms. The van der Waals surface area contributed by atoms with Gasteiger partial charge in [-0.1, -0.05) is 23.4 Å². The number of benzene rings is 2. The van der Waals surface area contributed by atoms with Gasteiger partial charge in [0, 0.05) is 11.8 Å². The number of ether oxygens (including phenoxy) is 3. The van der Waals surface area contributed by atoms with Gasteiger partial charge in [0.2, 0.25) is 5.91 Å². The third kappa shape index (κ3) is 4.81. The summed E-state index contributed by atoms with van der Waals surface area (Å²) in [6.45, 7) is 2.44. The number of methoxy groups -OCH3 is 2. The number of nitrogens with one attached hydrogen (secondary N) is 2. The number of hydrogen-bond acceptors (Lipinski definition) is 7. The largest absolute Gasteiger partial charge is 0.494 e. The van der Waals surface area contributed by atoms with Crippen LogP contribution in [0, 0.1) is 0 Å². The number of aromatic nitrogens is 4. The molecule has 0 radical (unpaired) electrons. The Balaban J connectivity index is 1.87. The Hall–Kier alpha value is -3.62. The fourth-order valence-electron chi connectivity index (χ4n) is 3.01. The van der Waals surface area contributed by atoms with Crippen molar-refractivity contribution in [2.45, 2.75) is 19.3 Å². The summed E-state index contributed by atoms with van der Waals surface area (Å²) in [4.78, 5) is 13.1. The predicted molar refractivity (Wildman–Crippen MR) is 106 cm³/mol. The molecular weight excluding hydrogens is 374 g/mol. The van der Waals surface area contributed by atoms with E-state index in [9.17, 15) is 4.79 Å². The van der Waals surface area contributed by atoms with Crippen LogP contribution in [-0.2, 0) is 11.2 Å². The minimum absolute atomic E-state index is 0.273. The van der Waals surface area contributed by atoms with Gasteiger partial charge in [-0.15, -0.1) is 10.2 Å². The highest BCUT2D eigenvalue weighted by Gasteiger charge is 2.27. The molecule has 1 atom stereocenters. The number of carbonyl (C=O) groups excluding carboxylic acids is 1. The van der Waals surface area contributed by atoms with Crippen molar-refractivity contribution in [3.63, 3.8) is 0 Å². The van der Waals surface area contributed by atoms with Gasteiger partial charge in [0.1, 0.15) is 11.7 Å². The Bertz CT molecular complexity index is 946. The molecule has 2 N–H and O–H groups in total. The number of anilines is 1. The van der Waals surface area contributed by atoms with E-state index >= 15 is 0 Å². The summed E-state index contributed by atoms with van der Waals surface area (Å²) < 4.78 is 16.3. The number of aromatic amines is 1. The molecular formula is C20H23N5O4. The van der Waals surface area contributed by atoms with Crippen molar-refractivity contribution in [2.24, 2.45) is 0 Å². The third-order valence-electron chi connectivity index (χ3n) is 4.31. The van der Waals surface area contributed by atoms with E-state index in [4.69, 9.17) is 14.2 Å². The average molecular weight is 397 g/mol. The monoisotopic (exact) mass is 397 g/mol. The second-order valence-electron chi connectivity index (χ2n) is 6.13. The highest BCUT2D eigenvalue weighted by Crippen LogP contribution is 2.34. The first kappa shape index (κ1) is 20.1. The topological polar surface area (TPSA) is 111 Å². The number of H-pyrrole nitrogens is 1. The zero-order chi connectivity index (χ0) is 20.6. The molecule has 2 aromatic carbocycles. The van der Waals surface area contributed by atoms with E-state index in [0.717, 1.165) is 5.56 Å². The molecule has 0 saturated heterocycles. The van der Waals surface area contributed by atoms with Crippen molar-refractivity contribution < 1.29 is 19.0 Å². The molecule has 3 aromatic rings. The average Bonchev–Trinajstić information content (AvgIpc) is 3.26. The van der Waals surface area contributed by atoms with E-state index in [0.29, 0.717) is 36.0 Å². The lowest BCUT2D eigenvalue weighted by Crippen LogP contribution is -2.24. The zero-order valence-corrected chi connectivity index (χ0v) is 16.5. The van der Waals surface area contributed by atoms with Gasteiger partial charge in [-0.05, 0) is 37.1 Å². The van der Waals surface area contributed by atoms with Crippen molar-refractivity contribution >= 4 is 11.6 Å². The Morgan fingerprint density at radius 2 is 2.00 bits per heavy atom. The third-order valence-corrected chi connectivity index (χ3v) is 4.31. The second kappa shape index (κ2) is 9.54. The normalized spacial score (nSPS) is 11.6. The molecule has 0 aliphatic rings. The number of tetrazole rings is 1. The van der Waals surface area contributed by atoms with E-state index < -0.39 is 5.92 Å². The van der Waals surface area contributed by atoms with Crippen LogP contribution in [0.5, 0.6) is 17.2 Å². The smallest absolute Gasteiger partial charge is 0.235 e. The lowest BCUT2D eigenvalue weighted by molar-refractivity contribution is -0.117. The molecule has 1 heterocycles. The predicted octanol–water partition coefficient (Wildman–Crippen LogP) is 2.58. The summed E-state index contributed by atoms with van der Waals surface area (Å²) in [6.07, 6.45) is 0.302. The molecule has 0 spiro atoms. The molecule has 9 nitrogen and oxygen atoms in total. The number of amides is 1. The van der Waals surface area contributed by atoms with E-state index in [1.807, 2.05) is 31.2 Å². The quantitative estimate of drug-likeness (QED) is 0.571. The molecule has 0 aliphatic carbocycles. The van der Waals surface area contributed by atoms with Crippen LogP contribution in [0.1, 0.15) is 24.2 Å². The Morgan fingerprint density at radius 1 is 1.17 bits per heavy atom. The molecule has 1 unspecified atom stereocenters. The fourth-order valence-corrected chi connectivity index (χ4v) is 3.01. The number of rotatable bonds is 9. The van der Waals surface area contributed by atoms with Crippen LogP contribution in [0.4, 0.5) is 5.69 Å². The van der Waals surface area contributed by atoms with Crippen LogP contribution in [0.3, 0.4) is 0 Å². The summed E-state index contributed by atoms with van der Waals surface area (Å²) >= 11 is 0. The van der Waals surface area contributed by atoms with E-state index in [1.54, 1.807) is 32.4 Å². The Kier molecular flexibility index (Phi) is 6.62. The van der Waals surface area contributed by atoms with Crippen LogP contribution in [0.25, 0.3) is 0 Å². The maximum Gasteiger partial charge on any atom is 0.235 e. The van der Waals surface area contributed by atoms with Gasteiger partial charge >= 0.3 is 0 Å². The lowest BCUT2D eigenvalue weighted by atomic mass is 9.96. The first-order valence-electron chi connectivity index (χ1n) is 9.13. The van der Waals surface area contributed by atoms with Gasteiger partial charge in [-0.3, -0.25) is 4.79 Å². The molecule has 0 saturated carbocycles. The summed E-state index contributed by atoms with van der Waals surface area (Å²) in [5, 5.41) is 16.9. The number of carbonyl (C=O) groups is 1. The molecule has 1 aromatic heterocycles. The Morgan fingerprint density at radius 3 is 2.69 bits per heavy atom. The highest BCUT2D eigenvalue weighted by atomic mass is 16.5. The van der Waals surface area contributed by atoms with Gasteiger partial charge < -0.3 is 19.5 Å². The molecule has 3 rings (SSSR count). The number of hydrogen-bond donors (Lipinski definition) is 2. The highest BCUT2D eigenvalue weighted by molar-refractivity contribution is 5.95. The maximum atomic E-state index is 13.1. The van der Waals surface area contributed by atoms with E-state index in [2.05, 4.69) is 25.9 Å². The van der Waals surface area contributed by atoms with Crippen molar-refractivity contribution in [2.75, 3.05) is 26.1 Å². The summed E-state index contributed by atoms with van der Waals surface area (Å²) in [5.41, 5.74) is 1.41. The molecule has 0 aliphatic heterocycles. The minimum Gasteiger partial charge on any atom is -0.494 e. The second-order valence-corrected chi connectivity index (χ2v) is 6.13. The summed E-state index contributed by atoms with van der Waals surface area (Å²) in [5.74, 6) is 1.15. The standard InChI is InChI=1S/C20H23N5O4/c1-4-29-15-9-6-8-14(12-15)21-20(26)16(19-22-24-25-23-19)11-13-7-5-10-17(27-2)18(13)28-3/h5-10,12,16H,4,11H2,1-3H3,(H,21,26)(H,22,23,24,25). The van der Waals surface area contributed by atoms with E-state index in [1.165, 1.54) is 0 Å². The molecule has 0 fully saturated rings. The van der Waals surface area contributed by atoms with Gasteiger partial charge in [0.15, 0.2) is 17.3 Å². The molecule has 152 valence electrons. The molecule has 1 amide bonds. The Labute approximate surface area is 168 Å². The van der Waals surface area contributed by atoms with Crippen molar-refractivity contribution in [1.29, 1.82) is 0 Å². The van der Waals surface area contributed by atoms with Crippen LogP contribution in [0.15, 0.2) is 42.5 Å². The van der Waals surface area contributed by atoms with Crippen molar-refractivity contribution in [3.05, 3.63) is 53.9 Å². The summed E-state index contributed by atoms with van der Waals surface area (Å²) in [6, 6.07) is 12.7. The van der Waals surface area contributed by atoms with Crippen LogP contribution in [-0.4, -0.2) is 47.4 Å². The van der Waals surface area contributed by atoms with Crippen LogP contribution >= 0.6 is 0 Å². The molecule has 29 heavy (non-hydrogen) atoms.